The number of nitrogens with one attached hydrogen (secondary N) is 1. The number of hydrogen-bond donors (Lipinski definition) is 1. The minimum absolute atomic E-state index is 0.184. The van der Waals surface area contributed by atoms with Gasteiger partial charge in [0.2, 0.25) is 0 Å². The van der Waals surface area contributed by atoms with E-state index in [0.717, 1.165) is 29.1 Å². The minimum Gasteiger partial charge on any atom is -0.344 e. The van der Waals surface area contributed by atoms with Gasteiger partial charge in [0.1, 0.15) is 6.33 Å². The largest absolute Gasteiger partial charge is 0.344 e. The van der Waals surface area contributed by atoms with Gasteiger partial charge in [-0.05, 0) is 50.1 Å². The van der Waals surface area contributed by atoms with Crippen LogP contribution >= 0.6 is 0 Å². The summed E-state index contributed by atoms with van der Waals surface area (Å²) in [6.07, 6.45) is 6.58. The Morgan fingerprint density at radius 2 is 1.84 bits per heavy atom. The number of nitrogens with zero attached hydrogens (tertiary/aromatic N) is 5. The van der Waals surface area contributed by atoms with Gasteiger partial charge in [0, 0.05) is 30.1 Å². The van der Waals surface area contributed by atoms with E-state index in [1.807, 2.05) is 36.6 Å². The Kier molecular flexibility index (Phi) is 5.84. The molecule has 4 rings (SSSR count). The van der Waals surface area contributed by atoms with Crippen LogP contribution in [0.5, 0.6) is 0 Å². The van der Waals surface area contributed by atoms with Gasteiger partial charge in [-0.3, -0.25) is 14.8 Å². The molecule has 0 fully saturated rings. The van der Waals surface area contributed by atoms with Crippen molar-refractivity contribution in [2.24, 2.45) is 0 Å². The van der Waals surface area contributed by atoms with E-state index in [1.165, 1.54) is 5.56 Å². The molecule has 0 radical (unpaired) electrons. The van der Waals surface area contributed by atoms with Gasteiger partial charge in [-0.15, -0.1) is 10.2 Å². The normalized spacial score (nSPS) is 11.8. The molecular formula is C24H24N6O. The number of aryl methyl sites for hydroxylation is 2. The third kappa shape index (κ3) is 4.50. The first-order valence-corrected chi connectivity index (χ1v) is 10.2. The first-order chi connectivity index (χ1) is 15.0. The monoisotopic (exact) mass is 412 g/mol. The molecule has 7 heteroatoms. The predicted molar refractivity (Wildman–Crippen MR) is 119 cm³/mol. The molecule has 1 N–H and O–H groups in total. The summed E-state index contributed by atoms with van der Waals surface area (Å²) >= 11 is 0. The average Bonchev–Trinajstić information content (AvgIpc) is 3.29. The highest BCUT2D eigenvalue weighted by molar-refractivity contribution is 5.97. The Balaban J connectivity index is 1.74. The molecule has 7 nitrogen and oxygen atoms in total. The van der Waals surface area contributed by atoms with E-state index in [1.54, 1.807) is 24.9 Å². The molecule has 1 atom stereocenters. The molecule has 156 valence electrons. The summed E-state index contributed by atoms with van der Waals surface area (Å²) in [4.78, 5) is 21.5. The average molecular weight is 412 g/mol. The molecule has 1 unspecified atom stereocenters. The van der Waals surface area contributed by atoms with E-state index in [9.17, 15) is 4.79 Å². The molecule has 2 heterocycles. The molecule has 0 saturated heterocycles. The van der Waals surface area contributed by atoms with Crippen molar-refractivity contribution >= 4 is 5.91 Å². The summed E-state index contributed by atoms with van der Waals surface area (Å²) in [5.74, 6) is 0.545. The van der Waals surface area contributed by atoms with E-state index in [4.69, 9.17) is 0 Å². The molecule has 0 saturated carbocycles. The van der Waals surface area contributed by atoms with Crippen molar-refractivity contribution in [3.05, 3.63) is 84.2 Å². The quantitative estimate of drug-likeness (QED) is 0.512. The highest BCUT2D eigenvalue weighted by Crippen LogP contribution is 2.28. The minimum atomic E-state index is -0.271. The van der Waals surface area contributed by atoms with Crippen molar-refractivity contribution in [2.75, 3.05) is 0 Å². The van der Waals surface area contributed by atoms with Crippen LogP contribution in [0.2, 0.25) is 0 Å². The zero-order valence-corrected chi connectivity index (χ0v) is 17.8. The summed E-state index contributed by atoms with van der Waals surface area (Å²) in [6.45, 7) is 6.71. The molecular weight excluding hydrogens is 388 g/mol. The number of rotatable bonds is 6. The van der Waals surface area contributed by atoms with E-state index >= 15 is 0 Å². The second-order valence-electron chi connectivity index (χ2n) is 7.43. The summed E-state index contributed by atoms with van der Waals surface area (Å²) in [6, 6.07) is 13.8. The van der Waals surface area contributed by atoms with E-state index in [2.05, 4.69) is 56.7 Å². The van der Waals surface area contributed by atoms with Crippen molar-refractivity contribution < 1.29 is 4.79 Å². The Labute approximate surface area is 181 Å². The van der Waals surface area contributed by atoms with Crippen LogP contribution in [0.3, 0.4) is 0 Å². The third-order valence-corrected chi connectivity index (χ3v) is 5.17. The molecule has 0 spiro atoms. The third-order valence-electron chi connectivity index (χ3n) is 5.17. The Morgan fingerprint density at radius 3 is 2.55 bits per heavy atom. The van der Waals surface area contributed by atoms with Crippen LogP contribution < -0.4 is 5.32 Å². The van der Waals surface area contributed by atoms with Crippen LogP contribution in [-0.2, 0) is 6.54 Å². The first kappa shape index (κ1) is 20.4. The fourth-order valence-electron chi connectivity index (χ4n) is 3.40. The van der Waals surface area contributed by atoms with Gasteiger partial charge >= 0.3 is 0 Å². The van der Waals surface area contributed by atoms with Gasteiger partial charge in [-0.1, -0.05) is 29.8 Å². The number of carbonyl (C=O) groups excluding carboxylic acids is 1. The fourth-order valence-corrected chi connectivity index (χ4v) is 3.40. The SMILES string of the molecule is CCn1cnnc1-c1cc(C(=O)NC(C)c2cnccn2)cc(-c2ccc(C)cc2)c1. The van der Waals surface area contributed by atoms with Gasteiger partial charge in [-0.2, -0.15) is 0 Å². The lowest BCUT2D eigenvalue weighted by Crippen LogP contribution is -2.27. The van der Waals surface area contributed by atoms with Crippen molar-refractivity contribution in [2.45, 2.75) is 33.4 Å². The van der Waals surface area contributed by atoms with Crippen molar-refractivity contribution in [3.63, 3.8) is 0 Å². The Bertz CT molecular complexity index is 1180. The molecule has 2 aromatic heterocycles. The number of aromatic nitrogens is 5. The predicted octanol–water partition coefficient (Wildman–Crippen LogP) is 4.22. The topological polar surface area (TPSA) is 85.6 Å². The fraction of sp³-hybridized carbons (Fsp3) is 0.208. The van der Waals surface area contributed by atoms with Crippen LogP contribution in [0.25, 0.3) is 22.5 Å². The number of benzene rings is 2. The molecule has 4 aromatic rings. The number of hydrogen-bond acceptors (Lipinski definition) is 5. The maximum atomic E-state index is 13.1. The van der Waals surface area contributed by atoms with Gasteiger partial charge in [0.15, 0.2) is 5.82 Å². The Hall–Kier alpha value is -3.87. The maximum absolute atomic E-state index is 13.1. The summed E-state index contributed by atoms with van der Waals surface area (Å²) in [7, 11) is 0. The van der Waals surface area contributed by atoms with Crippen molar-refractivity contribution in [3.8, 4) is 22.5 Å². The van der Waals surface area contributed by atoms with Crippen LogP contribution in [0.1, 0.15) is 41.5 Å². The van der Waals surface area contributed by atoms with Crippen molar-refractivity contribution in [1.82, 2.24) is 30.0 Å². The van der Waals surface area contributed by atoms with Crippen LogP contribution in [0.4, 0.5) is 0 Å². The van der Waals surface area contributed by atoms with Crippen LogP contribution in [-0.4, -0.2) is 30.6 Å². The van der Waals surface area contributed by atoms with E-state index in [0.29, 0.717) is 11.3 Å². The summed E-state index contributed by atoms with van der Waals surface area (Å²) in [5, 5.41) is 11.3. The molecule has 31 heavy (non-hydrogen) atoms. The number of carbonyl (C=O) groups is 1. The Morgan fingerprint density at radius 1 is 1.06 bits per heavy atom. The lowest BCUT2D eigenvalue weighted by Gasteiger charge is -2.15. The van der Waals surface area contributed by atoms with Gasteiger partial charge < -0.3 is 9.88 Å². The zero-order valence-electron chi connectivity index (χ0n) is 17.8. The van der Waals surface area contributed by atoms with E-state index < -0.39 is 0 Å². The molecule has 0 aliphatic heterocycles. The smallest absolute Gasteiger partial charge is 0.251 e. The van der Waals surface area contributed by atoms with Gasteiger partial charge in [-0.25, -0.2) is 0 Å². The second-order valence-corrected chi connectivity index (χ2v) is 7.43. The first-order valence-electron chi connectivity index (χ1n) is 10.2. The zero-order chi connectivity index (χ0) is 21.8. The lowest BCUT2D eigenvalue weighted by molar-refractivity contribution is 0.0939. The highest BCUT2D eigenvalue weighted by Gasteiger charge is 2.17. The molecule has 2 aromatic carbocycles. The van der Waals surface area contributed by atoms with Gasteiger partial charge in [0.25, 0.3) is 5.91 Å². The summed E-state index contributed by atoms with van der Waals surface area (Å²) in [5.41, 5.74) is 5.26. The van der Waals surface area contributed by atoms with Crippen molar-refractivity contribution in [1.29, 1.82) is 0 Å². The molecule has 0 bridgehead atoms. The second kappa shape index (κ2) is 8.87. The van der Waals surface area contributed by atoms with E-state index in [-0.39, 0.29) is 11.9 Å². The molecule has 0 aliphatic carbocycles. The number of amides is 1. The highest BCUT2D eigenvalue weighted by atomic mass is 16.1. The van der Waals surface area contributed by atoms with Crippen LogP contribution in [0, 0.1) is 6.92 Å². The molecule has 0 aliphatic rings. The van der Waals surface area contributed by atoms with Gasteiger partial charge in [0.05, 0.1) is 17.9 Å². The molecule has 1 amide bonds. The summed E-state index contributed by atoms with van der Waals surface area (Å²) < 4.78 is 1.96. The van der Waals surface area contributed by atoms with Crippen LogP contribution in [0.15, 0.2) is 67.4 Å². The lowest BCUT2D eigenvalue weighted by atomic mass is 9.98. The maximum Gasteiger partial charge on any atom is 0.251 e. The standard InChI is InChI=1S/C24H24N6O/c1-4-30-15-27-29-23(30)20-11-19(18-7-5-16(2)6-8-18)12-21(13-20)24(31)28-17(3)22-14-25-9-10-26-22/h5-15,17H,4H2,1-3H3,(H,28,31).